The van der Waals surface area contributed by atoms with E-state index in [2.05, 4.69) is 55.4 Å². The number of rotatable bonds is 29. The number of ether oxygens (including phenoxy) is 3. The molecule has 0 heterocycles. The van der Waals surface area contributed by atoms with Crippen molar-refractivity contribution >= 4 is 25.7 Å². The molecule has 2 atom stereocenters. The van der Waals surface area contributed by atoms with Crippen molar-refractivity contribution in [3.05, 3.63) is 0 Å². The zero-order chi connectivity index (χ0) is 28.6. The highest BCUT2D eigenvalue weighted by molar-refractivity contribution is 6.87. The van der Waals surface area contributed by atoms with Crippen LogP contribution < -0.4 is 0 Å². The lowest BCUT2D eigenvalue weighted by Gasteiger charge is -2.44. The van der Waals surface area contributed by atoms with Gasteiger partial charge in [-0.3, -0.25) is 0 Å². The molecule has 2 unspecified atom stereocenters. The highest BCUT2D eigenvalue weighted by atomic mass is 28.5. The lowest BCUT2D eigenvalue weighted by Crippen LogP contribution is -2.61. The van der Waals surface area contributed by atoms with Gasteiger partial charge in [0.1, 0.15) is 0 Å². The zero-order valence-electron chi connectivity index (χ0n) is 26.5. The first-order valence-electron chi connectivity index (χ1n) is 15.8. The van der Waals surface area contributed by atoms with Crippen molar-refractivity contribution in [1.29, 1.82) is 0 Å². The third kappa shape index (κ3) is 16.0. The SMILES string of the molecule is CCCCOCC[Si](CC)(OCC)O[Si](CC)(CCOCCCC)O[Si](CC)(CCOCCCC)OCC. The summed E-state index contributed by atoms with van der Waals surface area (Å²) in [6.45, 7) is 23.0. The Morgan fingerprint density at radius 1 is 0.395 bits per heavy atom. The first-order valence-corrected chi connectivity index (χ1v) is 22.5. The van der Waals surface area contributed by atoms with Gasteiger partial charge >= 0.3 is 25.7 Å². The molecule has 0 aliphatic heterocycles. The molecule has 230 valence electrons. The van der Waals surface area contributed by atoms with Crippen LogP contribution in [-0.4, -0.2) is 78.5 Å². The van der Waals surface area contributed by atoms with E-state index >= 15 is 0 Å². The Morgan fingerprint density at radius 2 is 0.711 bits per heavy atom. The zero-order valence-corrected chi connectivity index (χ0v) is 29.5. The van der Waals surface area contributed by atoms with E-state index in [-0.39, 0.29) is 0 Å². The van der Waals surface area contributed by atoms with Crippen LogP contribution in [0, 0.1) is 0 Å². The second-order valence-electron chi connectivity index (χ2n) is 10.0. The number of hydrogen-bond acceptors (Lipinski definition) is 7. The Morgan fingerprint density at radius 3 is 0.974 bits per heavy atom. The summed E-state index contributed by atoms with van der Waals surface area (Å²) >= 11 is 0. The molecule has 0 amide bonds. The molecule has 0 aliphatic carbocycles. The Kier molecular flexibility index (Phi) is 24.2. The van der Waals surface area contributed by atoms with Gasteiger partial charge in [0.25, 0.3) is 0 Å². The molecule has 0 aromatic rings. The van der Waals surface area contributed by atoms with Gasteiger partial charge in [-0.15, -0.1) is 0 Å². The summed E-state index contributed by atoms with van der Waals surface area (Å²) in [4.78, 5) is 0. The van der Waals surface area contributed by atoms with Crippen LogP contribution in [0.15, 0.2) is 0 Å². The molecule has 0 saturated carbocycles. The lowest BCUT2D eigenvalue weighted by molar-refractivity contribution is 0.120. The van der Waals surface area contributed by atoms with Crippen LogP contribution >= 0.6 is 0 Å². The fraction of sp³-hybridized carbons (Fsp3) is 1.00. The van der Waals surface area contributed by atoms with E-state index in [1.165, 1.54) is 0 Å². The molecule has 7 nitrogen and oxygen atoms in total. The summed E-state index contributed by atoms with van der Waals surface area (Å²) in [5, 5.41) is 0. The van der Waals surface area contributed by atoms with E-state index < -0.39 is 25.7 Å². The van der Waals surface area contributed by atoms with Crippen LogP contribution in [0.1, 0.15) is 93.9 Å². The topological polar surface area (TPSA) is 64.6 Å². The van der Waals surface area contributed by atoms with E-state index in [4.69, 9.17) is 31.3 Å². The molecule has 0 aromatic carbocycles. The Balaban J connectivity index is 5.97. The summed E-state index contributed by atoms with van der Waals surface area (Å²) in [6, 6.07) is 5.05. The molecule has 0 N–H and O–H groups in total. The predicted molar refractivity (Wildman–Crippen MR) is 166 cm³/mol. The maximum atomic E-state index is 7.31. The van der Waals surface area contributed by atoms with Crippen LogP contribution in [0.4, 0.5) is 0 Å². The van der Waals surface area contributed by atoms with Gasteiger partial charge in [-0.25, -0.2) is 0 Å². The normalized spacial score (nSPS) is 16.7. The molecule has 0 spiro atoms. The van der Waals surface area contributed by atoms with Gasteiger partial charge in [0.2, 0.25) is 0 Å². The highest BCUT2D eigenvalue weighted by Gasteiger charge is 2.52. The van der Waals surface area contributed by atoms with Gasteiger partial charge in [0, 0.05) is 71.0 Å². The standard InChI is InChI=1S/C28H64O7Si3/c1-9-17-20-29-23-26-36(14-6,32-12-4)34-38(16-8,28-25-31-22-19-11-3)35-37(15-7,33-13-5)27-24-30-21-18-10-2/h9-28H2,1-8H3. The van der Waals surface area contributed by atoms with E-state index in [1.807, 2.05) is 0 Å². The smallest absolute Gasteiger partial charge is 0.331 e. The summed E-state index contributed by atoms with van der Waals surface area (Å²) in [7, 11) is -7.84. The average Bonchev–Trinajstić information content (AvgIpc) is 2.92. The summed E-state index contributed by atoms with van der Waals surface area (Å²) < 4.78 is 45.7. The van der Waals surface area contributed by atoms with Crippen molar-refractivity contribution < 1.29 is 31.3 Å². The number of unbranched alkanes of at least 4 members (excludes halogenated alkanes) is 3. The van der Waals surface area contributed by atoms with Crippen molar-refractivity contribution in [3.8, 4) is 0 Å². The third-order valence-electron chi connectivity index (χ3n) is 6.98. The fourth-order valence-corrected chi connectivity index (χ4v) is 18.9. The maximum Gasteiger partial charge on any atom is 0.331 e. The van der Waals surface area contributed by atoms with Gasteiger partial charge < -0.3 is 31.3 Å². The largest absolute Gasteiger partial charge is 0.415 e. The summed E-state index contributed by atoms with van der Waals surface area (Å²) in [6.07, 6.45) is 6.65. The molecule has 0 radical (unpaired) electrons. The van der Waals surface area contributed by atoms with E-state index in [9.17, 15) is 0 Å². The Labute approximate surface area is 239 Å². The third-order valence-corrected chi connectivity index (χ3v) is 20.7. The van der Waals surface area contributed by atoms with Gasteiger partial charge in [-0.05, 0) is 51.2 Å². The van der Waals surface area contributed by atoms with E-state index in [0.717, 1.165) is 94.6 Å². The van der Waals surface area contributed by atoms with Crippen LogP contribution in [0.5, 0.6) is 0 Å². The van der Waals surface area contributed by atoms with Gasteiger partial charge in [-0.2, -0.15) is 0 Å². The molecule has 0 rings (SSSR count). The van der Waals surface area contributed by atoms with Crippen LogP contribution in [0.3, 0.4) is 0 Å². The molecular weight excluding hydrogens is 533 g/mol. The Hall–Kier alpha value is 0.371. The van der Waals surface area contributed by atoms with E-state index in [0.29, 0.717) is 33.0 Å². The first kappa shape index (κ1) is 38.4. The quantitative estimate of drug-likeness (QED) is 0.0642. The van der Waals surface area contributed by atoms with Crippen LogP contribution in [0.25, 0.3) is 0 Å². The van der Waals surface area contributed by atoms with Crippen molar-refractivity contribution in [2.75, 3.05) is 52.9 Å². The average molecular weight is 597 g/mol. The Bertz CT molecular complexity index is 499. The van der Waals surface area contributed by atoms with Crippen molar-refractivity contribution in [2.24, 2.45) is 0 Å². The highest BCUT2D eigenvalue weighted by Crippen LogP contribution is 2.34. The molecular formula is C28H64O7Si3. The lowest BCUT2D eigenvalue weighted by atomic mass is 10.4. The van der Waals surface area contributed by atoms with E-state index in [1.54, 1.807) is 0 Å². The summed E-state index contributed by atoms with van der Waals surface area (Å²) in [5.74, 6) is 0. The second kappa shape index (κ2) is 24.0. The van der Waals surface area contributed by atoms with Crippen LogP contribution in [-0.2, 0) is 31.3 Å². The molecule has 0 aromatic heterocycles. The minimum absolute atomic E-state index is 0.642. The minimum atomic E-state index is -2.73. The van der Waals surface area contributed by atoms with Crippen molar-refractivity contribution in [2.45, 2.75) is 130 Å². The maximum absolute atomic E-state index is 7.31. The van der Waals surface area contributed by atoms with Gasteiger partial charge in [-0.1, -0.05) is 60.8 Å². The molecule has 38 heavy (non-hydrogen) atoms. The van der Waals surface area contributed by atoms with Gasteiger partial charge in [0.05, 0.1) is 0 Å². The molecule has 0 aliphatic rings. The fourth-order valence-electron chi connectivity index (χ4n) is 4.38. The summed E-state index contributed by atoms with van der Waals surface area (Å²) in [5.41, 5.74) is 0. The molecule has 0 bridgehead atoms. The minimum Gasteiger partial charge on any atom is -0.415 e. The van der Waals surface area contributed by atoms with Crippen molar-refractivity contribution in [1.82, 2.24) is 0 Å². The van der Waals surface area contributed by atoms with Crippen molar-refractivity contribution in [3.63, 3.8) is 0 Å². The monoisotopic (exact) mass is 596 g/mol. The molecule has 0 saturated heterocycles. The van der Waals surface area contributed by atoms with Gasteiger partial charge in [0.15, 0.2) is 0 Å². The second-order valence-corrected chi connectivity index (χ2v) is 21.3. The molecule has 10 heteroatoms. The predicted octanol–water partition coefficient (Wildman–Crippen LogP) is 7.93. The number of hydrogen-bond donors (Lipinski definition) is 0. The van der Waals surface area contributed by atoms with Crippen LogP contribution in [0.2, 0.25) is 36.3 Å². The first-order chi connectivity index (χ1) is 18.4. The molecule has 0 fully saturated rings.